The summed E-state index contributed by atoms with van der Waals surface area (Å²) in [6.07, 6.45) is 4.01. The van der Waals surface area contributed by atoms with Gasteiger partial charge in [0.25, 0.3) is 0 Å². The number of hydrogen-bond acceptors (Lipinski definition) is 3. The van der Waals surface area contributed by atoms with E-state index in [1.54, 1.807) is 0 Å². The Morgan fingerprint density at radius 3 is 3.00 bits per heavy atom. The zero-order valence-electron chi connectivity index (χ0n) is 12.4. The first-order chi connectivity index (χ1) is 10.7. The van der Waals surface area contributed by atoms with Gasteiger partial charge in [-0.25, -0.2) is 0 Å². The van der Waals surface area contributed by atoms with Crippen molar-refractivity contribution in [3.05, 3.63) is 29.8 Å². The van der Waals surface area contributed by atoms with Crippen molar-refractivity contribution in [1.82, 2.24) is 0 Å². The summed E-state index contributed by atoms with van der Waals surface area (Å²) in [7, 11) is 0. The smallest absolute Gasteiger partial charge is 0.310 e. The molecule has 0 N–H and O–H groups in total. The maximum absolute atomic E-state index is 13.2. The van der Waals surface area contributed by atoms with Gasteiger partial charge in [-0.1, -0.05) is 18.2 Å². The first-order valence-corrected chi connectivity index (χ1v) is 8.34. The van der Waals surface area contributed by atoms with Crippen LogP contribution in [0.25, 0.3) is 0 Å². The number of nitrogens with zero attached hydrogens (tertiary/aromatic N) is 1. The van der Waals surface area contributed by atoms with E-state index in [0.717, 1.165) is 37.9 Å². The highest BCUT2D eigenvalue weighted by atomic mass is 16.6. The van der Waals surface area contributed by atoms with Crippen LogP contribution in [0, 0.1) is 23.7 Å². The molecule has 3 fully saturated rings. The van der Waals surface area contributed by atoms with E-state index in [0.29, 0.717) is 11.8 Å². The van der Waals surface area contributed by atoms with Crippen LogP contribution in [0.5, 0.6) is 0 Å². The molecule has 0 unspecified atom stereocenters. The molecule has 0 spiro atoms. The summed E-state index contributed by atoms with van der Waals surface area (Å²) in [5.41, 5.74) is 2.29. The van der Waals surface area contributed by atoms with E-state index in [-0.39, 0.29) is 29.8 Å². The molecule has 2 aliphatic carbocycles. The Hall–Kier alpha value is -1.84. The molecule has 22 heavy (non-hydrogen) atoms. The van der Waals surface area contributed by atoms with Gasteiger partial charge in [0.15, 0.2) is 0 Å². The quantitative estimate of drug-likeness (QED) is 0.746. The lowest BCUT2D eigenvalue weighted by molar-refractivity contribution is -0.145. The molecule has 1 aromatic carbocycles. The lowest BCUT2D eigenvalue weighted by Crippen LogP contribution is -2.44. The van der Waals surface area contributed by atoms with Crippen LogP contribution in [0.2, 0.25) is 0 Å². The Bertz CT molecular complexity index is 668. The highest BCUT2D eigenvalue weighted by Crippen LogP contribution is 2.58. The van der Waals surface area contributed by atoms with E-state index in [2.05, 4.69) is 6.07 Å². The number of anilines is 1. The molecular formula is C18H19NO3. The number of aryl methyl sites for hydroxylation is 1. The third-order valence-corrected chi connectivity index (χ3v) is 6.14. The van der Waals surface area contributed by atoms with E-state index in [4.69, 9.17) is 4.74 Å². The minimum absolute atomic E-state index is 0.0974. The van der Waals surface area contributed by atoms with E-state index < -0.39 is 0 Å². The van der Waals surface area contributed by atoms with Crippen LogP contribution >= 0.6 is 0 Å². The Morgan fingerprint density at radius 1 is 1.23 bits per heavy atom. The third kappa shape index (κ3) is 1.53. The maximum Gasteiger partial charge on any atom is 0.310 e. The van der Waals surface area contributed by atoms with Crippen molar-refractivity contribution in [2.75, 3.05) is 11.4 Å². The molecule has 5 atom stereocenters. The minimum Gasteiger partial charge on any atom is -0.462 e. The number of benzene rings is 1. The fourth-order valence-corrected chi connectivity index (χ4v) is 5.28. The monoisotopic (exact) mass is 297 g/mol. The van der Waals surface area contributed by atoms with Gasteiger partial charge in [-0.15, -0.1) is 0 Å². The van der Waals surface area contributed by atoms with Crippen LogP contribution in [-0.2, 0) is 20.7 Å². The van der Waals surface area contributed by atoms with Gasteiger partial charge in [-0.2, -0.15) is 0 Å². The molecule has 5 rings (SSSR count). The minimum atomic E-state index is -0.176. The van der Waals surface area contributed by atoms with Crippen LogP contribution in [0.4, 0.5) is 5.69 Å². The van der Waals surface area contributed by atoms with Crippen LogP contribution in [0.3, 0.4) is 0 Å². The van der Waals surface area contributed by atoms with E-state index >= 15 is 0 Å². The number of amides is 1. The molecule has 4 aliphatic rings. The maximum atomic E-state index is 13.2. The largest absolute Gasteiger partial charge is 0.462 e. The van der Waals surface area contributed by atoms with Crippen LogP contribution in [0.15, 0.2) is 24.3 Å². The number of ether oxygens (including phenoxy) is 1. The molecular weight excluding hydrogens is 278 g/mol. The van der Waals surface area contributed by atoms with Crippen molar-refractivity contribution in [3.63, 3.8) is 0 Å². The SMILES string of the molecule is O=C1O[C@@H]2C[C@H]3C[C@@H]2[C@@H]1[C@H]3C(=O)N1CCCc2ccccc21. The van der Waals surface area contributed by atoms with Gasteiger partial charge < -0.3 is 9.64 Å². The van der Waals surface area contributed by atoms with Crippen molar-refractivity contribution in [2.24, 2.45) is 23.7 Å². The van der Waals surface area contributed by atoms with Crippen molar-refractivity contribution >= 4 is 17.6 Å². The van der Waals surface area contributed by atoms with Crippen molar-refractivity contribution in [2.45, 2.75) is 31.8 Å². The number of carbonyl (C=O) groups is 2. The Kier molecular flexibility index (Phi) is 2.50. The predicted molar refractivity (Wildman–Crippen MR) is 80.2 cm³/mol. The standard InChI is InChI=1S/C18H19NO3/c20-17(19-7-3-5-10-4-1-2-6-13(10)19)15-11-8-12-14(9-11)22-18(21)16(12)15/h1-2,4,6,11-12,14-16H,3,5,7-9H2/t11-,12+,14-,15+,16-/m1/s1. The summed E-state index contributed by atoms with van der Waals surface area (Å²) in [5.74, 6) is 0.341. The Balaban J connectivity index is 1.50. The topological polar surface area (TPSA) is 46.6 Å². The van der Waals surface area contributed by atoms with Gasteiger partial charge >= 0.3 is 5.97 Å². The fraction of sp³-hybridized carbons (Fsp3) is 0.556. The molecule has 2 aliphatic heterocycles. The average molecular weight is 297 g/mol. The normalized spacial score (nSPS) is 38.1. The zero-order valence-corrected chi connectivity index (χ0v) is 12.4. The summed E-state index contributed by atoms with van der Waals surface area (Å²) in [6.45, 7) is 0.773. The number of hydrogen-bond donors (Lipinski definition) is 0. The second kappa shape index (κ2) is 4.34. The molecule has 1 amide bonds. The number of para-hydroxylation sites is 1. The highest BCUT2D eigenvalue weighted by molar-refractivity contribution is 5.99. The third-order valence-electron chi connectivity index (χ3n) is 6.14. The second-order valence-electron chi connectivity index (χ2n) is 7.14. The molecule has 4 heteroatoms. The molecule has 2 bridgehead atoms. The summed E-state index contributed by atoms with van der Waals surface area (Å²) in [6, 6.07) is 8.17. The van der Waals surface area contributed by atoms with Gasteiger partial charge in [0.1, 0.15) is 6.10 Å². The van der Waals surface area contributed by atoms with Gasteiger partial charge in [0.2, 0.25) is 5.91 Å². The van der Waals surface area contributed by atoms with Crippen LogP contribution < -0.4 is 4.90 Å². The summed E-state index contributed by atoms with van der Waals surface area (Å²) in [5, 5.41) is 0. The van der Waals surface area contributed by atoms with Gasteiger partial charge in [0, 0.05) is 18.2 Å². The molecule has 1 saturated heterocycles. The molecule has 2 heterocycles. The summed E-state index contributed by atoms with van der Waals surface area (Å²) < 4.78 is 5.47. The van der Waals surface area contributed by atoms with Crippen molar-refractivity contribution in [1.29, 1.82) is 0 Å². The lowest BCUT2D eigenvalue weighted by atomic mass is 9.79. The van der Waals surface area contributed by atoms with Crippen LogP contribution in [0.1, 0.15) is 24.8 Å². The molecule has 1 aromatic rings. The second-order valence-corrected chi connectivity index (χ2v) is 7.14. The summed E-state index contributed by atoms with van der Waals surface area (Å²) >= 11 is 0. The summed E-state index contributed by atoms with van der Waals surface area (Å²) in [4.78, 5) is 27.3. The molecule has 2 saturated carbocycles. The van der Waals surface area contributed by atoms with E-state index in [1.165, 1.54) is 5.56 Å². The molecule has 0 aromatic heterocycles. The van der Waals surface area contributed by atoms with Crippen LogP contribution in [-0.4, -0.2) is 24.5 Å². The first-order valence-electron chi connectivity index (χ1n) is 8.34. The molecule has 0 radical (unpaired) electrons. The number of fused-ring (bicyclic) bond motifs is 2. The average Bonchev–Trinajstić information content (AvgIpc) is 3.15. The number of esters is 1. The van der Waals surface area contributed by atoms with Gasteiger partial charge in [0.05, 0.1) is 11.8 Å². The molecule has 114 valence electrons. The fourth-order valence-electron chi connectivity index (χ4n) is 5.28. The van der Waals surface area contributed by atoms with Gasteiger partial charge in [-0.05, 0) is 43.2 Å². The van der Waals surface area contributed by atoms with Crippen molar-refractivity contribution in [3.8, 4) is 0 Å². The Labute approximate surface area is 129 Å². The predicted octanol–water partition coefficient (Wildman–Crippen LogP) is 2.16. The van der Waals surface area contributed by atoms with E-state index in [9.17, 15) is 9.59 Å². The number of carbonyl (C=O) groups excluding carboxylic acids is 2. The van der Waals surface area contributed by atoms with E-state index in [1.807, 2.05) is 23.1 Å². The Morgan fingerprint density at radius 2 is 2.09 bits per heavy atom. The van der Waals surface area contributed by atoms with Crippen molar-refractivity contribution < 1.29 is 14.3 Å². The first kappa shape index (κ1) is 12.7. The molecule has 4 nitrogen and oxygen atoms in total. The number of rotatable bonds is 1. The van der Waals surface area contributed by atoms with Gasteiger partial charge in [-0.3, -0.25) is 9.59 Å². The highest BCUT2D eigenvalue weighted by Gasteiger charge is 2.64. The zero-order chi connectivity index (χ0) is 14.8. The lowest BCUT2D eigenvalue weighted by Gasteiger charge is -2.34.